The third-order valence-corrected chi connectivity index (χ3v) is 15.3. The zero-order valence-corrected chi connectivity index (χ0v) is 47.3. The number of aromatic nitrogens is 3. The largest absolute Gasteiger partial charge is 0.496 e. The highest BCUT2D eigenvalue weighted by Crippen LogP contribution is 2.38. The second-order valence-corrected chi connectivity index (χ2v) is 19.5. The Morgan fingerprint density at radius 3 is 1.21 bits per heavy atom. The molecule has 0 saturated heterocycles. The number of rotatable bonds is 21. The monoisotopic (exact) mass is 1040 g/mol. The van der Waals surface area contributed by atoms with Gasteiger partial charge in [-0.3, -0.25) is 19.2 Å². The molecule has 0 unspecified atom stereocenters. The zero-order chi connectivity index (χ0) is 55.7. The maximum absolute atomic E-state index is 13.8. The van der Waals surface area contributed by atoms with E-state index >= 15 is 0 Å². The Labute approximate surface area is 452 Å². The molecule has 0 spiro atoms. The van der Waals surface area contributed by atoms with Gasteiger partial charge in [-0.15, -0.1) is 0 Å². The molecule has 0 N–H and O–H groups in total. The first-order valence-electron chi connectivity index (χ1n) is 27.2. The maximum atomic E-state index is 13.8. The average molecular weight is 1050 g/mol. The predicted octanol–water partition coefficient (Wildman–Crippen LogP) is 13.4. The Hall–Kier alpha value is -7.19. The highest BCUT2D eigenvalue weighted by molar-refractivity contribution is 6.15. The first kappa shape index (κ1) is 57.5. The molecule has 0 bridgehead atoms. The molecule has 0 aliphatic heterocycles. The van der Waals surface area contributed by atoms with E-state index < -0.39 is 0 Å². The lowest BCUT2D eigenvalue weighted by Crippen LogP contribution is -2.26. The predicted molar refractivity (Wildman–Crippen MR) is 315 cm³/mol. The summed E-state index contributed by atoms with van der Waals surface area (Å²) < 4.78 is 31.7. The van der Waals surface area contributed by atoms with E-state index in [0.29, 0.717) is 22.4 Å². The van der Waals surface area contributed by atoms with E-state index in [1.165, 1.54) is 6.07 Å². The van der Waals surface area contributed by atoms with Gasteiger partial charge in [-0.1, -0.05) is 47.6 Å². The molecule has 9 aromatic rings. The van der Waals surface area contributed by atoms with Crippen molar-refractivity contribution in [2.75, 3.05) is 73.1 Å². The first-order valence-corrected chi connectivity index (χ1v) is 27.2. The van der Waals surface area contributed by atoms with E-state index in [1.807, 2.05) is 78.9 Å². The minimum Gasteiger partial charge on any atom is -0.496 e. The van der Waals surface area contributed by atoms with Gasteiger partial charge in [0.2, 0.25) is 0 Å². The van der Waals surface area contributed by atoms with Gasteiger partial charge in [0.1, 0.15) is 17.3 Å². The summed E-state index contributed by atoms with van der Waals surface area (Å²) in [4.78, 5) is 54.7. The van der Waals surface area contributed by atoms with Crippen molar-refractivity contribution in [1.82, 2.24) is 28.4 Å². The lowest BCUT2D eigenvalue weighted by molar-refractivity contribution is 0.100. The Kier molecular flexibility index (Phi) is 19.2. The van der Waals surface area contributed by atoms with Gasteiger partial charge in [0.25, 0.3) is 0 Å². The molecule has 0 radical (unpaired) electrons. The molecule has 406 valence electrons. The fourth-order valence-corrected chi connectivity index (χ4v) is 10.7. The van der Waals surface area contributed by atoms with Crippen molar-refractivity contribution in [1.29, 1.82) is 0 Å². The Morgan fingerprint density at radius 2 is 0.792 bits per heavy atom. The van der Waals surface area contributed by atoms with Crippen molar-refractivity contribution in [3.8, 4) is 11.5 Å². The standard InChI is InChI=1S/C23H28N2O3.C21H26N2O2.C20H23FN2O/c1-6-24(7-2)10-11-25-21-9-8-17(15(3)26)12-19(21)20-13-18(16(4)27)23(28-5)14-22(20)25;1-5-22(6-2)12-13-23-18-11-10-16(15(3)24)14-17(18)21-19(23)8-7-9-20(21)25-4;1-4-22(5-2)10-11-23-19-8-6-15(14(3)24)12-17(19)18-13-16(21)7-9-20(18)23/h8-9,12-14H,6-7,10-11H2,1-5H3;7-11,14H,5-6,12-13H2,1-4H3;6-9,12-13H,4-5,10-11H2,1-3H3. The minimum atomic E-state index is -0.251. The second kappa shape index (κ2) is 25.8. The second-order valence-electron chi connectivity index (χ2n) is 19.5. The summed E-state index contributed by atoms with van der Waals surface area (Å²) in [5.74, 6) is 1.29. The number of hydrogen-bond acceptors (Lipinski definition) is 9. The highest BCUT2D eigenvalue weighted by Gasteiger charge is 2.20. The van der Waals surface area contributed by atoms with Crippen LogP contribution in [0.1, 0.15) is 111 Å². The Morgan fingerprint density at radius 1 is 0.416 bits per heavy atom. The number of methoxy groups -OCH3 is 2. The van der Waals surface area contributed by atoms with Crippen LogP contribution in [0.15, 0.2) is 103 Å². The number of Topliss-reactive ketones (excluding diaryl/α,β-unsaturated/α-hetero) is 4. The molecule has 0 aliphatic rings. The molecule has 0 saturated carbocycles. The number of hydrogen-bond donors (Lipinski definition) is 0. The number of likely N-dealkylation sites (N-methyl/N-ethyl adjacent to an activating group) is 3. The third-order valence-electron chi connectivity index (χ3n) is 15.3. The third kappa shape index (κ3) is 12.3. The lowest BCUT2D eigenvalue weighted by Gasteiger charge is -2.19. The number of carbonyl (C=O) groups excluding carboxylic acids is 4. The molecule has 9 rings (SSSR count). The molecule has 3 aromatic heterocycles. The molecule has 77 heavy (non-hydrogen) atoms. The van der Waals surface area contributed by atoms with Gasteiger partial charge in [-0.05, 0) is 158 Å². The SMILES string of the molecule is CCN(CC)CCn1c2ccc(C(C)=O)cc2c2c(OC)cccc21.CCN(CC)CCn1c2ccc(C(C)=O)cc2c2cc(C(C)=O)c(OC)cc21.CCN(CC)CCn1c2ccc(F)cc2c2cc(C(C)=O)ccc21. The van der Waals surface area contributed by atoms with Gasteiger partial charge in [0, 0.05) is 116 Å². The van der Waals surface area contributed by atoms with E-state index in [4.69, 9.17) is 9.47 Å². The fraction of sp³-hybridized carbons (Fsp3) is 0.375. The van der Waals surface area contributed by atoms with Gasteiger partial charge >= 0.3 is 0 Å². The molecular formula is C64H77FN6O6. The molecule has 13 heteroatoms. The molecule has 0 aliphatic carbocycles. The van der Waals surface area contributed by atoms with Crippen LogP contribution in [0.5, 0.6) is 11.5 Å². The number of benzene rings is 6. The number of ketones is 4. The van der Waals surface area contributed by atoms with Crippen LogP contribution < -0.4 is 9.47 Å². The molecule has 3 heterocycles. The quantitative estimate of drug-likeness (QED) is 0.0650. The van der Waals surface area contributed by atoms with Crippen molar-refractivity contribution >= 4 is 88.6 Å². The van der Waals surface area contributed by atoms with Crippen LogP contribution >= 0.6 is 0 Å². The van der Waals surface area contributed by atoms with Crippen molar-refractivity contribution in [2.45, 2.75) is 88.9 Å². The van der Waals surface area contributed by atoms with Crippen LogP contribution in [-0.4, -0.2) is 125 Å². The van der Waals surface area contributed by atoms with E-state index in [-0.39, 0.29) is 29.0 Å². The summed E-state index contributed by atoms with van der Waals surface area (Å²) in [6.07, 6.45) is 0. The van der Waals surface area contributed by atoms with E-state index in [2.05, 4.69) is 82.1 Å². The lowest BCUT2D eigenvalue weighted by atomic mass is 10.0. The maximum Gasteiger partial charge on any atom is 0.163 e. The van der Waals surface area contributed by atoms with Gasteiger partial charge in [0.05, 0.1) is 30.8 Å². The molecular weight excluding hydrogens is 968 g/mol. The van der Waals surface area contributed by atoms with Crippen molar-refractivity contribution < 1.29 is 33.0 Å². The number of fused-ring (bicyclic) bond motifs is 9. The Bertz CT molecular complexity index is 3590. The smallest absolute Gasteiger partial charge is 0.163 e. The Balaban J connectivity index is 0.000000168. The topological polar surface area (TPSA) is 111 Å². The van der Waals surface area contributed by atoms with Gasteiger partial charge in [0.15, 0.2) is 23.1 Å². The van der Waals surface area contributed by atoms with Crippen LogP contribution in [0.4, 0.5) is 4.39 Å². The normalized spacial score (nSPS) is 11.6. The summed E-state index contributed by atoms with van der Waals surface area (Å²) in [5, 5.41) is 5.95. The molecule has 0 atom stereocenters. The van der Waals surface area contributed by atoms with Crippen LogP contribution in [0.2, 0.25) is 0 Å². The van der Waals surface area contributed by atoms with Crippen LogP contribution in [-0.2, 0) is 19.6 Å². The van der Waals surface area contributed by atoms with Gasteiger partial charge in [-0.25, -0.2) is 4.39 Å². The molecule has 12 nitrogen and oxygen atoms in total. The molecule has 6 aromatic carbocycles. The van der Waals surface area contributed by atoms with E-state index in [1.54, 1.807) is 48.0 Å². The van der Waals surface area contributed by atoms with Crippen molar-refractivity contribution in [3.05, 3.63) is 131 Å². The zero-order valence-electron chi connectivity index (χ0n) is 47.3. The summed E-state index contributed by atoms with van der Waals surface area (Å²) in [6.45, 7) is 30.9. The summed E-state index contributed by atoms with van der Waals surface area (Å²) in [6, 6.07) is 32.4. The number of nitrogens with zero attached hydrogens (tertiary/aromatic N) is 6. The summed E-state index contributed by atoms with van der Waals surface area (Å²) in [5.41, 5.74) is 9.09. The van der Waals surface area contributed by atoms with Crippen molar-refractivity contribution in [3.63, 3.8) is 0 Å². The molecule has 0 fully saturated rings. The minimum absolute atomic E-state index is 0.0253. The van der Waals surface area contributed by atoms with Crippen molar-refractivity contribution in [2.24, 2.45) is 0 Å². The van der Waals surface area contributed by atoms with Gasteiger partial charge < -0.3 is 37.9 Å². The van der Waals surface area contributed by atoms with E-state index in [0.717, 1.165) is 155 Å². The summed E-state index contributed by atoms with van der Waals surface area (Å²) in [7, 11) is 3.28. The summed E-state index contributed by atoms with van der Waals surface area (Å²) >= 11 is 0. The van der Waals surface area contributed by atoms with Crippen LogP contribution in [0, 0.1) is 5.82 Å². The number of halogens is 1. The average Bonchev–Trinajstić information content (AvgIpc) is 4.13. The molecule has 0 amide bonds. The van der Waals surface area contributed by atoms with Crippen LogP contribution in [0.25, 0.3) is 65.4 Å². The first-order chi connectivity index (χ1) is 37.0. The number of carbonyl (C=O) groups is 4. The van der Waals surface area contributed by atoms with Gasteiger partial charge in [-0.2, -0.15) is 0 Å². The highest BCUT2D eigenvalue weighted by atomic mass is 19.1. The van der Waals surface area contributed by atoms with Crippen LogP contribution in [0.3, 0.4) is 0 Å². The number of ether oxygens (including phenoxy) is 2. The van der Waals surface area contributed by atoms with E-state index in [9.17, 15) is 23.6 Å². The fourth-order valence-electron chi connectivity index (χ4n) is 10.7.